The molecule has 0 atom stereocenters. The Morgan fingerprint density at radius 3 is 1.38 bits per heavy atom. The number of ketones is 1. The topological polar surface area (TPSA) is 69.7 Å². The van der Waals surface area contributed by atoms with E-state index in [1.807, 2.05) is 0 Å². The number of carbonyl (C=O) groups excluding carboxylic acids is 3. The minimum atomic E-state index is -1.18. The van der Waals surface area contributed by atoms with Crippen molar-refractivity contribution in [2.24, 2.45) is 0 Å². The lowest BCUT2D eigenvalue weighted by Crippen LogP contribution is -2.36. The maximum atomic E-state index is 11.2. The second-order valence-electron chi connectivity index (χ2n) is 4.25. The molecule has 2 aliphatic carbocycles. The Morgan fingerprint density at radius 2 is 1.12 bits per heavy atom. The predicted octanol–water partition coefficient (Wildman–Crippen LogP) is 0.747. The van der Waals surface area contributed by atoms with Gasteiger partial charge in [-0.05, 0) is 38.5 Å². The second kappa shape index (κ2) is 4.63. The summed E-state index contributed by atoms with van der Waals surface area (Å²) in [5, 5.41) is 0. The van der Waals surface area contributed by atoms with Crippen LogP contribution >= 0.6 is 0 Å². The van der Waals surface area contributed by atoms with Crippen LogP contribution in [0.4, 0.5) is 0 Å². The van der Waals surface area contributed by atoms with E-state index in [2.05, 4.69) is 0 Å². The van der Waals surface area contributed by atoms with E-state index in [1.54, 1.807) is 0 Å². The smallest absolute Gasteiger partial charge is 0.387 e. The quantitative estimate of drug-likeness (QED) is 0.402. The zero-order chi connectivity index (χ0) is 11.5. The van der Waals surface area contributed by atoms with Crippen LogP contribution in [-0.2, 0) is 23.9 Å². The number of esters is 2. The van der Waals surface area contributed by atoms with Gasteiger partial charge in [-0.1, -0.05) is 0 Å². The van der Waals surface area contributed by atoms with E-state index in [0.29, 0.717) is 0 Å². The monoisotopic (exact) mass is 226 g/mol. The molecule has 2 fully saturated rings. The molecule has 5 heteroatoms. The van der Waals surface area contributed by atoms with Gasteiger partial charge in [0.15, 0.2) is 0 Å². The van der Waals surface area contributed by atoms with Crippen LogP contribution in [-0.4, -0.2) is 29.9 Å². The van der Waals surface area contributed by atoms with Gasteiger partial charge in [-0.3, -0.25) is 4.79 Å². The lowest BCUT2D eigenvalue weighted by Gasteiger charge is -2.26. The van der Waals surface area contributed by atoms with Gasteiger partial charge < -0.3 is 9.47 Å². The second-order valence-corrected chi connectivity index (χ2v) is 4.25. The fourth-order valence-corrected chi connectivity index (χ4v) is 1.47. The molecule has 0 aliphatic heterocycles. The molecular weight excluding hydrogens is 212 g/mol. The van der Waals surface area contributed by atoms with Crippen LogP contribution in [0.15, 0.2) is 0 Å². The van der Waals surface area contributed by atoms with Crippen molar-refractivity contribution < 1.29 is 23.9 Å². The number of rotatable bonds is 4. The highest BCUT2D eigenvalue weighted by Crippen LogP contribution is 2.23. The molecule has 2 saturated carbocycles. The standard InChI is InChI=1S/C11H14O5/c12-9(10(13)15-7-3-1-4-7)11(14)16-8-5-2-6-8/h7-8H,1-6H2. The van der Waals surface area contributed by atoms with Crippen molar-refractivity contribution in [1.82, 2.24) is 0 Å². The van der Waals surface area contributed by atoms with Crippen LogP contribution < -0.4 is 0 Å². The lowest BCUT2D eigenvalue weighted by atomic mass is 9.96. The first kappa shape index (κ1) is 11.1. The van der Waals surface area contributed by atoms with E-state index in [-0.39, 0.29) is 12.2 Å². The van der Waals surface area contributed by atoms with Crippen molar-refractivity contribution in [2.75, 3.05) is 0 Å². The molecular formula is C11H14O5. The Morgan fingerprint density at radius 1 is 0.750 bits per heavy atom. The fourth-order valence-electron chi connectivity index (χ4n) is 1.47. The first-order valence-electron chi connectivity index (χ1n) is 5.63. The average Bonchev–Trinajstić information content (AvgIpc) is 2.15. The lowest BCUT2D eigenvalue weighted by molar-refractivity contribution is -0.172. The molecule has 2 rings (SSSR count). The van der Waals surface area contributed by atoms with Crippen molar-refractivity contribution >= 4 is 17.7 Å². The fraction of sp³-hybridized carbons (Fsp3) is 0.727. The summed E-state index contributed by atoms with van der Waals surface area (Å²) < 4.78 is 9.63. The van der Waals surface area contributed by atoms with Crippen molar-refractivity contribution in [3.63, 3.8) is 0 Å². The molecule has 2 aliphatic rings. The Hall–Kier alpha value is -1.39. The number of carbonyl (C=O) groups is 3. The third kappa shape index (κ3) is 2.40. The number of Topliss-reactive ketones (excluding diaryl/α,β-unsaturated/α-hetero) is 1. The SMILES string of the molecule is O=C(OC1CCC1)C(=O)C(=O)OC1CCC1. The van der Waals surface area contributed by atoms with Gasteiger partial charge in [-0.25, -0.2) is 9.59 Å². The first-order valence-corrected chi connectivity index (χ1v) is 5.63. The molecule has 0 spiro atoms. The molecule has 0 heterocycles. The maximum absolute atomic E-state index is 11.2. The van der Waals surface area contributed by atoms with E-state index in [9.17, 15) is 14.4 Å². The summed E-state index contributed by atoms with van der Waals surface area (Å²) in [6, 6.07) is 0. The number of hydrogen-bond acceptors (Lipinski definition) is 5. The van der Waals surface area contributed by atoms with E-state index in [1.165, 1.54) is 0 Å². The van der Waals surface area contributed by atoms with Crippen LogP contribution in [0.1, 0.15) is 38.5 Å². The average molecular weight is 226 g/mol. The maximum Gasteiger partial charge on any atom is 0.387 e. The van der Waals surface area contributed by atoms with E-state index in [0.717, 1.165) is 38.5 Å². The minimum Gasteiger partial charge on any atom is -0.456 e. The van der Waals surface area contributed by atoms with Gasteiger partial charge >= 0.3 is 17.7 Å². The molecule has 0 N–H and O–H groups in total. The molecule has 0 aromatic heterocycles. The third-order valence-electron chi connectivity index (χ3n) is 3.02. The minimum absolute atomic E-state index is 0.187. The molecule has 88 valence electrons. The molecule has 0 bridgehead atoms. The van der Waals surface area contributed by atoms with E-state index in [4.69, 9.17) is 9.47 Å². The highest BCUT2D eigenvalue weighted by molar-refractivity contribution is 6.60. The first-order chi connectivity index (χ1) is 7.66. The highest BCUT2D eigenvalue weighted by atomic mass is 16.6. The summed E-state index contributed by atoms with van der Waals surface area (Å²) >= 11 is 0. The van der Waals surface area contributed by atoms with Gasteiger partial charge in [0, 0.05) is 0 Å². The predicted molar refractivity (Wildman–Crippen MR) is 52.5 cm³/mol. The molecule has 16 heavy (non-hydrogen) atoms. The Labute approximate surface area is 93.1 Å². The van der Waals surface area contributed by atoms with Gasteiger partial charge in [0.1, 0.15) is 12.2 Å². The Bertz CT molecular complexity index is 284. The van der Waals surface area contributed by atoms with Crippen molar-refractivity contribution in [2.45, 2.75) is 50.7 Å². The van der Waals surface area contributed by atoms with Gasteiger partial charge in [0.25, 0.3) is 0 Å². The summed E-state index contributed by atoms with van der Waals surface area (Å²) in [5.41, 5.74) is 0. The molecule has 0 unspecified atom stereocenters. The zero-order valence-corrected chi connectivity index (χ0v) is 8.94. The highest BCUT2D eigenvalue weighted by Gasteiger charge is 2.33. The number of ether oxygens (including phenoxy) is 2. The molecule has 5 nitrogen and oxygen atoms in total. The van der Waals surface area contributed by atoms with E-state index < -0.39 is 17.7 Å². The van der Waals surface area contributed by atoms with Gasteiger partial charge in [-0.15, -0.1) is 0 Å². The van der Waals surface area contributed by atoms with E-state index >= 15 is 0 Å². The summed E-state index contributed by atoms with van der Waals surface area (Å²) in [6.07, 6.45) is 4.72. The largest absolute Gasteiger partial charge is 0.456 e. The van der Waals surface area contributed by atoms with Crippen LogP contribution in [0.25, 0.3) is 0 Å². The Balaban J connectivity index is 1.75. The molecule has 0 aromatic carbocycles. The Kier molecular flexibility index (Phi) is 3.22. The van der Waals surface area contributed by atoms with Crippen molar-refractivity contribution in [1.29, 1.82) is 0 Å². The van der Waals surface area contributed by atoms with Crippen LogP contribution in [0.2, 0.25) is 0 Å². The third-order valence-corrected chi connectivity index (χ3v) is 3.02. The molecule has 0 radical (unpaired) electrons. The van der Waals surface area contributed by atoms with Gasteiger partial charge in [0.05, 0.1) is 0 Å². The van der Waals surface area contributed by atoms with Gasteiger partial charge in [0.2, 0.25) is 0 Å². The van der Waals surface area contributed by atoms with Crippen LogP contribution in [0.3, 0.4) is 0 Å². The summed E-state index contributed by atoms with van der Waals surface area (Å²) in [4.78, 5) is 33.7. The molecule has 0 aromatic rings. The molecule has 0 saturated heterocycles. The summed E-state index contributed by atoms with van der Waals surface area (Å²) in [5.74, 6) is -3.33. The number of hydrogen-bond donors (Lipinski definition) is 0. The van der Waals surface area contributed by atoms with Crippen molar-refractivity contribution in [3.8, 4) is 0 Å². The van der Waals surface area contributed by atoms with Crippen LogP contribution in [0, 0.1) is 0 Å². The zero-order valence-electron chi connectivity index (χ0n) is 8.94. The molecule has 0 amide bonds. The van der Waals surface area contributed by atoms with Crippen LogP contribution in [0.5, 0.6) is 0 Å². The van der Waals surface area contributed by atoms with Crippen molar-refractivity contribution in [3.05, 3.63) is 0 Å². The summed E-state index contributed by atoms with van der Waals surface area (Å²) in [7, 11) is 0. The van der Waals surface area contributed by atoms with Gasteiger partial charge in [-0.2, -0.15) is 0 Å². The normalized spacial score (nSPS) is 20.5. The summed E-state index contributed by atoms with van der Waals surface area (Å²) in [6.45, 7) is 0.